The molecule has 0 unspecified atom stereocenters. The van der Waals surface area contributed by atoms with Gasteiger partial charge in [0.25, 0.3) is 0 Å². The van der Waals surface area contributed by atoms with Gasteiger partial charge in [0.05, 0.1) is 5.69 Å². The van der Waals surface area contributed by atoms with E-state index in [0.717, 1.165) is 16.9 Å². The third kappa shape index (κ3) is 3.03. The van der Waals surface area contributed by atoms with E-state index in [9.17, 15) is 4.79 Å². The van der Waals surface area contributed by atoms with Crippen LogP contribution < -0.4 is 5.32 Å². The number of aromatic carboxylic acids is 1. The first-order valence-corrected chi connectivity index (χ1v) is 6.08. The molecule has 0 fully saturated rings. The zero-order chi connectivity index (χ0) is 14.0. The van der Waals surface area contributed by atoms with Crippen LogP contribution >= 0.6 is 11.6 Å². The lowest BCUT2D eigenvalue weighted by Gasteiger charge is -2.12. The Morgan fingerprint density at radius 1 is 1.26 bits per heavy atom. The number of halogens is 1. The van der Waals surface area contributed by atoms with Crippen molar-refractivity contribution in [2.75, 3.05) is 5.32 Å². The van der Waals surface area contributed by atoms with Crippen molar-refractivity contribution < 1.29 is 9.90 Å². The van der Waals surface area contributed by atoms with Crippen molar-refractivity contribution in [3.63, 3.8) is 0 Å². The Bertz CT molecular complexity index is 641. The predicted molar refractivity (Wildman–Crippen MR) is 75.4 cm³/mol. The first-order chi connectivity index (χ1) is 8.97. The van der Waals surface area contributed by atoms with E-state index in [1.807, 2.05) is 19.9 Å². The molecule has 1 heterocycles. The second-order valence-corrected chi connectivity index (χ2v) is 4.70. The van der Waals surface area contributed by atoms with Crippen LogP contribution in [0.5, 0.6) is 0 Å². The molecule has 19 heavy (non-hydrogen) atoms. The fourth-order valence-corrected chi connectivity index (χ4v) is 1.88. The van der Waals surface area contributed by atoms with E-state index in [4.69, 9.17) is 16.7 Å². The molecule has 2 rings (SSSR count). The van der Waals surface area contributed by atoms with E-state index >= 15 is 0 Å². The lowest BCUT2D eigenvalue weighted by atomic mass is 10.1. The summed E-state index contributed by atoms with van der Waals surface area (Å²) in [5.41, 5.74) is 3.14. The standard InChI is InChI=1S/C14H13ClN2O2/c1-8-3-4-10(15)6-12(8)17-13-5-9(2)16-7-11(13)14(18)19/h3-7H,1-2H3,(H,16,17)(H,18,19). The molecule has 1 aromatic carbocycles. The number of nitrogens with zero attached hydrogens (tertiary/aromatic N) is 1. The number of anilines is 2. The van der Waals surface area contributed by atoms with E-state index < -0.39 is 5.97 Å². The van der Waals surface area contributed by atoms with Crippen LogP contribution in [0.2, 0.25) is 5.02 Å². The van der Waals surface area contributed by atoms with Crippen molar-refractivity contribution >= 4 is 28.9 Å². The molecule has 0 aliphatic heterocycles. The number of carboxylic acids is 1. The van der Waals surface area contributed by atoms with Crippen molar-refractivity contribution in [1.82, 2.24) is 4.98 Å². The summed E-state index contributed by atoms with van der Waals surface area (Å²) in [5, 5.41) is 12.8. The maximum absolute atomic E-state index is 11.2. The number of carboxylic acid groups (broad SMARTS) is 1. The average molecular weight is 277 g/mol. The lowest BCUT2D eigenvalue weighted by molar-refractivity contribution is 0.0697. The monoisotopic (exact) mass is 276 g/mol. The molecule has 0 atom stereocenters. The third-order valence-corrected chi connectivity index (χ3v) is 2.98. The zero-order valence-electron chi connectivity index (χ0n) is 10.6. The summed E-state index contributed by atoms with van der Waals surface area (Å²) in [4.78, 5) is 15.2. The van der Waals surface area contributed by atoms with E-state index in [1.54, 1.807) is 18.2 Å². The molecule has 0 bridgehead atoms. The fraction of sp³-hybridized carbons (Fsp3) is 0.143. The first-order valence-electron chi connectivity index (χ1n) is 5.70. The van der Waals surface area contributed by atoms with Crippen molar-refractivity contribution in [1.29, 1.82) is 0 Å². The van der Waals surface area contributed by atoms with Crippen molar-refractivity contribution in [3.8, 4) is 0 Å². The summed E-state index contributed by atoms with van der Waals surface area (Å²) in [7, 11) is 0. The van der Waals surface area contributed by atoms with Gasteiger partial charge in [-0.25, -0.2) is 4.79 Å². The molecule has 4 nitrogen and oxygen atoms in total. The van der Waals surface area contributed by atoms with Crippen LogP contribution in [-0.4, -0.2) is 16.1 Å². The van der Waals surface area contributed by atoms with Gasteiger partial charge in [-0.15, -0.1) is 0 Å². The largest absolute Gasteiger partial charge is 0.478 e. The minimum atomic E-state index is -1.02. The second kappa shape index (κ2) is 5.28. The Labute approximate surface area is 116 Å². The SMILES string of the molecule is Cc1cc(Nc2cc(Cl)ccc2C)c(C(=O)O)cn1. The van der Waals surface area contributed by atoms with Crippen LogP contribution in [0.25, 0.3) is 0 Å². The number of aryl methyl sites for hydroxylation is 2. The average Bonchev–Trinajstić information content (AvgIpc) is 2.33. The molecular weight excluding hydrogens is 264 g/mol. The number of benzene rings is 1. The highest BCUT2D eigenvalue weighted by Gasteiger charge is 2.12. The molecule has 0 saturated heterocycles. The molecule has 98 valence electrons. The number of carbonyl (C=O) groups is 1. The van der Waals surface area contributed by atoms with Crippen molar-refractivity contribution in [3.05, 3.63) is 52.3 Å². The number of nitrogens with one attached hydrogen (secondary N) is 1. The van der Waals surface area contributed by atoms with Crippen molar-refractivity contribution in [2.45, 2.75) is 13.8 Å². The minimum Gasteiger partial charge on any atom is -0.478 e. The molecule has 0 aliphatic carbocycles. The Morgan fingerprint density at radius 2 is 2.00 bits per heavy atom. The highest BCUT2D eigenvalue weighted by atomic mass is 35.5. The van der Waals surface area contributed by atoms with E-state index in [0.29, 0.717) is 10.7 Å². The first kappa shape index (κ1) is 13.4. The Hall–Kier alpha value is -2.07. The molecule has 0 radical (unpaired) electrons. The van der Waals surface area contributed by atoms with Gasteiger partial charge in [0, 0.05) is 22.6 Å². The van der Waals surface area contributed by atoms with Gasteiger partial charge >= 0.3 is 5.97 Å². The maximum atomic E-state index is 11.2. The van der Waals surface area contributed by atoms with Crippen LogP contribution in [0.1, 0.15) is 21.6 Å². The van der Waals surface area contributed by atoms with Gasteiger partial charge in [-0.3, -0.25) is 4.98 Å². The molecule has 2 N–H and O–H groups in total. The normalized spacial score (nSPS) is 10.3. The molecule has 0 amide bonds. The molecule has 5 heteroatoms. The minimum absolute atomic E-state index is 0.130. The lowest BCUT2D eigenvalue weighted by Crippen LogP contribution is -2.05. The summed E-state index contributed by atoms with van der Waals surface area (Å²) in [5.74, 6) is -1.02. The third-order valence-electron chi connectivity index (χ3n) is 2.74. The number of hydrogen-bond donors (Lipinski definition) is 2. The highest BCUT2D eigenvalue weighted by Crippen LogP contribution is 2.26. The number of aromatic nitrogens is 1. The van der Waals surface area contributed by atoms with Gasteiger partial charge in [-0.05, 0) is 37.6 Å². The van der Waals surface area contributed by atoms with E-state index in [-0.39, 0.29) is 5.56 Å². The van der Waals surface area contributed by atoms with E-state index in [2.05, 4.69) is 10.3 Å². The van der Waals surface area contributed by atoms with Gasteiger partial charge < -0.3 is 10.4 Å². The van der Waals surface area contributed by atoms with Gasteiger partial charge in [0.2, 0.25) is 0 Å². The van der Waals surface area contributed by atoms with Crippen LogP contribution in [-0.2, 0) is 0 Å². The quantitative estimate of drug-likeness (QED) is 0.895. The van der Waals surface area contributed by atoms with Crippen LogP contribution in [0.4, 0.5) is 11.4 Å². The highest BCUT2D eigenvalue weighted by molar-refractivity contribution is 6.30. The molecule has 2 aromatic rings. The maximum Gasteiger partial charge on any atom is 0.339 e. The predicted octanol–water partition coefficient (Wildman–Crippen LogP) is 3.79. The van der Waals surface area contributed by atoms with Crippen molar-refractivity contribution in [2.24, 2.45) is 0 Å². The molecule has 0 aliphatic rings. The summed E-state index contributed by atoms with van der Waals surface area (Å²) in [6.45, 7) is 3.73. The summed E-state index contributed by atoms with van der Waals surface area (Å²) >= 11 is 5.95. The molecule has 1 aromatic heterocycles. The van der Waals surface area contributed by atoms with Gasteiger partial charge in [-0.1, -0.05) is 17.7 Å². The topological polar surface area (TPSA) is 62.2 Å². The Kier molecular flexibility index (Phi) is 3.71. The summed E-state index contributed by atoms with van der Waals surface area (Å²) in [6, 6.07) is 7.12. The second-order valence-electron chi connectivity index (χ2n) is 4.26. The smallest absolute Gasteiger partial charge is 0.339 e. The Balaban J connectivity index is 2.45. The van der Waals surface area contributed by atoms with Gasteiger partial charge in [-0.2, -0.15) is 0 Å². The summed E-state index contributed by atoms with van der Waals surface area (Å²) in [6.07, 6.45) is 1.35. The number of pyridine rings is 1. The van der Waals surface area contributed by atoms with E-state index in [1.165, 1.54) is 6.20 Å². The molecule has 0 saturated carbocycles. The number of rotatable bonds is 3. The number of hydrogen-bond acceptors (Lipinski definition) is 3. The van der Waals surface area contributed by atoms with Crippen LogP contribution in [0.15, 0.2) is 30.5 Å². The zero-order valence-corrected chi connectivity index (χ0v) is 11.3. The van der Waals surface area contributed by atoms with Crippen LogP contribution in [0.3, 0.4) is 0 Å². The fourth-order valence-electron chi connectivity index (χ4n) is 1.71. The molecule has 0 spiro atoms. The van der Waals surface area contributed by atoms with Gasteiger partial charge in [0.1, 0.15) is 5.56 Å². The van der Waals surface area contributed by atoms with Crippen LogP contribution in [0, 0.1) is 13.8 Å². The van der Waals surface area contributed by atoms with Gasteiger partial charge in [0.15, 0.2) is 0 Å². The molecular formula is C14H13ClN2O2. The summed E-state index contributed by atoms with van der Waals surface area (Å²) < 4.78 is 0. The Morgan fingerprint density at radius 3 is 2.68 bits per heavy atom.